The number of likely N-dealkylation sites (tertiary alicyclic amines) is 1. The number of hydrogen-bond donors (Lipinski definition) is 2. The van der Waals surface area contributed by atoms with E-state index in [0.29, 0.717) is 0 Å². The predicted molar refractivity (Wildman–Crippen MR) is 165 cm³/mol. The Balaban J connectivity index is 1.29. The van der Waals surface area contributed by atoms with Gasteiger partial charge in [-0.25, -0.2) is 4.98 Å². The summed E-state index contributed by atoms with van der Waals surface area (Å²) in [7, 11) is 0. The highest BCUT2D eigenvalue weighted by Crippen LogP contribution is 2.48. The number of nitrogens with one attached hydrogen (secondary N) is 2. The summed E-state index contributed by atoms with van der Waals surface area (Å²) in [6.45, 7) is 4.42. The Labute approximate surface area is 251 Å². The molecule has 1 aromatic carbocycles. The number of rotatable bonds is 8. The van der Waals surface area contributed by atoms with E-state index in [4.69, 9.17) is 4.98 Å². The Bertz CT molecular complexity index is 1400. The van der Waals surface area contributed by atoms with Gasteiger partial charge in [-0.15, -0.1) is 11.3 Å². The maximum Gasteiger partial charge on any atom is 0.401 e. The van der Waals surface area contributed by atoms with Crippen LogP contribution in [0.2, 0.25) is 0 Å². The van der Waals surface area contributed by atoms with Gasteiger partial charge in [0.05, 0.1) is 23.5 Å². The van der Waals surface area contributed by atoms with E-state index >= 15 is 0 Å². The fourth-order valence-corrected chi connectivity index (χ4v) is 8.52. The third kappa shape index (κ3) is 6.72. The summed E-state index contributed by atoms with van der Waals surface area (Å²) in [5, 5.41) is 8.03. The molecule has 1 saturated carbocycles. The molecule has 2 aromatic heterocycles. The fraction of sp³-hybridized carbons (Fsp3) is 0.606. The topological polar surface area (TPSA) is 45.1 Å². The number of fused-ring (bicyclic) bond motifs is 1. The maximum absolute atomic E-state index is 12.6. The minimum Gasteiger partial charge on any atom is -0.347 e. The Hall–Kier alpha value is -2.38. The van der Waals surface area contributed by atoms with Crippen LogP contribution in [0.15, 0.2) is 30.5 Å². The first-order valence-corrected chi connectivity index (χ1v) is 16.6. The summed E-state index contributed by atoms with van der Waals surface area (Å²) in [5.41, 5.74) is 3.01. The van der Waals surface area contributed by atoms with Crippen LogP contribution in [0.5, 0.6) is 0 Å². The van der Waals surface area contributed by atoms with E-state index in [-0.39, 0.29) is 12.1 Å². The largest absolute Gasteiger partial charge is 0.401 e. The minimum atomic E-state index is -4.24. The first-order valence-electron chi connectivity index (χ1n) is 15.7. The quantitative estimate of drug-likeness (QED) is 0.219. The summed E-state index contributed by atoms with van der Waals surface area (Å²) in [4.78, 5) is 8.95. The van der Waals surface area contributed by atoms with E-state index in [2.05, 4.69) is 62.4 Å². The number of aromatic nitrogens is 2. The number of alkyl halides is 3. The van der Waals surface area contributed by atoms with Crippen LogP contribution in [0.25, 0.3) is 21.5 Å². The first kappa shape index (κ1) is 29.7. The van der Waals surface area contributed by atoms with Crippen LogP contribution >= 0.6 is 11.3 Å². The van der Waals surface area contributed by atoms with Gasteiger partial charge in [0.1, 0.15) is 10.7 Å². The molecule has 42 heavy (non-hydrogen) atoms. The van der Waals surface area contributed by atoms with Crippen LogP contribution in [-0.2, 0) is 12.1 Å². The summed E-state index contributed by atoms with van der Waals surface area (Å²) in [6.07, 6.45) is 9.91. The van der Waals surface area contributed by atoms with Gasteiger partial charge >= 0.3 is 6.18 Å². The molecule has 0 radical (unpaired) electrons. The van der Waals surface area contributed by atoms with Crippen molar-refractivity contribution in [2.24, 2.45) is 5.92 Å². The highest BCUT2D eigenvalue weighted by atomic mass is 32.1. The Morgan fingerprint density at radius 1 is 1.05 bits per heavy atom. The molecule has 226 valence electrons. The third-order valence-corrected chi connectivity index (χ3v) is 10.7. The second-order valence-electron chi connectivity index (χ2n) is 12.3. The van der Waals surface area contributed by atoms with Gasteiger partial charge < -0.3 is 9.88 Å². The highest BCUT2D eigenvalue weighted by molar-refractivity contribution is 7.15. The zero-order valence-electron chi connectivity index (χ0n) is 24.4. The molecule has 3 fully saturated rings. The lowest BCUT2D eigenvalue weighted by molar-refractivity contribution is -0.124. The van der Waals surface area contributed by atoms with Crippen molar-refractivity contribution in [1.29, 1.82) is 0 Å². The van der Waals surface area contributed by atoms with E-state index < -0.39 is 12.7 Å². The monoisotopic (exact) mass is 597 g/mol. The van der Waals surface area contributed by atoms with Crippen LogP contribution in [0.1, 0.15) is 74.8 Å². The van der Waals surface area contributed by atoms with E-state index in [1.165, 1.54) is 67.1 Å². The van der Waals surface area contributed by atoms with Crippen molar-refractivity contribution in [3.63, 3.8) is 0 Å². The summed E-state index contributed by atoms with van der Waals surface area (Å²) in [6, 6.07) is 8.84. The summed E-state index contributed by atoms with van der Waals surface area (Å²) >= 11 is 1.75. The van der Waals surface area contributed by atoms with Crippen molar-refractivity contribution in [3.05, 3.63) is 41.0 Å². The number of halogens is 3. The van der Waals surface area contributed by atoms with E-state index in [1.807, 2.05) is 0 Å². The predicted octanol–water partition coefficient (Wildman–Crippen LogP) is 6.91. The molecule has 0 atom stereocenters. The highest BCUT2D eigenvalue weighted by Gasteiger charge is 2.43. The van der Waals surface area contributed by atoms with Gasteiger partial charge in [0.2, 0.25) is 0 Å². The molecular formula is C33H42F3N5S. The Morgan fingerprint density at radius 2 is 1.83 bits per heavy atom. The molecule has 9 heteroatoms. The molecule has 2 N–H and O–H groups in total. The molecule has 0 amide bonds. The van der Waals surface area contributed by atoms with Gasteiger partial charge in [0.25, 0.3) is 0 Å². The molecule has 3 aliphatic rings. The number of hydrogen-bond acceptors (Lipinski definition) is 5. The maximum atomic E-state index is 12.6. The van der Waals surface area contributed by atoms with E-state index in [1.54, 1.807) is 11.3 Å². The van der Waals surface area contributed by atoms with Crippen LogP contribution in [0, 0.1) is 17.8 Å². The van der Waals surface area contributed by atoms with Gasteiger partial charge in [-0.2, -0.15) is 13.2 Å². The standard InChI is InChI=1S/C33H42F3N5S/c34-33(35,36)24-38-16-6-7-28-30(32(14-2-1-3-15-32)41-19-4-5-20-41)42-31(39-28)27-8-9-29-26(23-27)13-22-40(29)21-12-25-10-17-37-18-11-25/h8-9,13,22-23,25,37-38H,1-5,10-12,14-21,24H2. The van der Waals surface area contributed by atoms with E-state index in [9.17, 15) is 13.2 Å². The second-order valence-corrected chi connectivity index (χ2v) is 13.3. The molecule has 1 aliphatic carbocycles. The number of piperidine rings is 1. The molecule has 4 heterocycles. The lowest BCUT2D eigenvalue weighted by Gasteiger charge is -2.44. The van der Waals surface area contributed by atoms with Gasteiger partial charge in [-0.05, 0) is 107 Å². The Kier molecular flexibility index (Phi) is 9.25. The smallest absolute Gasteiger partial charge is 0.347 e. The molecule has 0 spiro atoms. The molecule has 0 bridgehead atoms. The van der Waals surface area contributed by atoms with Crippen molar-refractivity contribution in [2.75, 3.05) is 39.3 Å². The summed E-state index contributed by atoms with van der Waals surface area (Å²) in [5.74, 6) is 6.96. The Morgan fingerprint density at radius 3 is 2.60 bits per heavy atom. The molecular weight excluding hydrogens is 555 g/mol. The fourth-order valence-electron chi connectivity index (χ4n) is 7.23. The van der Waals surface area contributed by atoms with Crippen LogP contribution in [0.3, 0.4) is 0 Å². The van der Waals surface area contributed by atoms with E-state index in [0.717, 1.165) is 67.7 Å². The normalized spacial score (nSPS) is 20.2. The molecule has 5 nitrogen and oxygen atoms in total. The first-order chi connectivity index (χ1) is 20.4. The van der Waals surface area contributed by atoms with Crippen molar-refractivity contribution in [1.82, 2.24) is 25.1 Å². The van der Waals surface area contributed by atoms with Crippen molar-refractivity contribution >= 4 is 22.2 Å². The zero-order valence-corrected chi connectivity index (χ0v) is 25.2. The molecule has 0 unspecified atom stereocenters. The van der Waals surface area contributed by atoms with Crippen molar-refractivity contribution in [3.8, 4) is 22.4 Å². The van der Waals surface area contributed by atoms with Crippen molar-refractivity contribution < 1.29 is 13.2 Å². The lowest BCUT2D eigenvalue weighted by Crippen LogP contribution is -2.46. The second kappa shape index (κ2) is 13.1. The number of aryl methyl sites for hydroxylation is 1. The molecule has 6 rings (SSSR count). The van der Waals surface area contributed by atoms with Crippen LogP contribution in [0.4, 0.5) is 13.2 Å². The SMILES string of the molecule is FC(F)(F)CNCC#Cc1nc(-c2ccc3c(ccn3CCC3CCNCC3)c2)sc1C1(N2CCCC2)CCCCC1. The van der Waals surface area contributed by atoms with Gasteiger partial charge in [0.15, 0.2) is 0 Å². The van der Waals surface area contributed by atoms with Gasteiger partial charge in [-0.1, -0.05) is 25.2 Å². The molecule has 2 aliphatic heterocycles. The molecule has 3 aromatic rings. The van der Waals surface area contributed by atoms with Crippen LogP contribution in [-0.4, -0.2) is 59.9 Å². The van der Waals surface area contributed by atoms with Crippen molar-refractivity contribution in [2.45, 2.75) is 82.5 Å². The average molecular weight is 598 g/mol. The third-order valence-electron chi connectivity index (χ3n) is 9.44. The average Bonchev–Trinajstić information content (AvgIpc) is 3.77. The summed E-state index contributed by atoms with van der Waals surface area (Å²) < 4.78 is 40.3. The number of thiazole rings is 1. The number of nitrogens with zero attached hydrogens (tertiary/aromatic N) is 3. The van der Waals surface area contributed by atoms with Crippen LogP contribution < -0.4 is 10.6 Å². The number of benzene rings is 1. The van der Waals surface area contributed by atoms with Gasteiger partial charge in [-0.3, -0.25) is 10.2 Å². The van der Waals surface area contributed by atoms with Gasteiger partial charge in [0, 0.05) is 29.2 Å². The zero-order chi connectivity index (χ0) is 29.0. The minimum absolute atomic E-state index is 0.0145. The lowest BCUT2D eigenvalue weighted by atomic mass is 9.78. The molecule has 2 saturated heterocycles.